The van der Waals surface area contributed by atoms with Crippen LogP contribution in [0.15, 0.2) is 41.9 Å². The Balaban J connectivity index is 1.18. The maximum Gasteiger partial charge on any atom is 0.205 e. The quantitative estimate of drug-likeness (QED) is 0.492. The number of nitrogens with zero attached hydrogens (tertiary/aromatic N) is 7. The molecule has 1 aromatic carbocycles. The number of benzene rings is 1. The fraction of sp³-hybridized carbons (Fsp3) is 0.381. The summed E-state index contributed by atoms with van der Waals surface area (Å²) >= 11 is 1.44. The number of hydrogen-bond donors (Lipinski definition) is 0. The molecule has 152 valence electrons. The zero-order valence-corrected chi connectivity index (χ0v) is 17.5. The Bertz CT molecular complexity index is 1120. The lowest BCUT2D eigenvalue weighted by atomic mass is 9.98. The highest BCUT2D eigenvalue weighted by Crippen LogP contribution is 2.42. The molecule has 2 fully saturated rings. The van der Waals surface area contributed by atoms with Crippen LogP contribution >= 0.6 is 11.5 Å². The Kier molecular flexibility index (Phi) is 3.98. The van der Waals surface area contributed by atoms with Gasteiger partial charge in [0.25, 0.3) is 0 Å². The lowest BCUT2D eigenvalue weighted by Gasteiger charge is -2.35. The van der Waals surface area contributed by atoms with Gasteiger partial charge in [0, 0.05) is 49.3 Å². The van der Waals surface area contributed by atoms with Crippen molar-refractivity contribution in [1.82, 2.24) is 19.3 Å². The second-order valence-electron chi connectivity index (χ2n) is 8.15. The van der Waals surface area contributed by atoms with E-state index < -0.39 is 0 Å². The summed E-state index contributed by atoms with van der Waals surface area (Å²) in [4.78, 5) is 22.5. The third-order valence-electron chi connectivity index (χ3n) is 5.89. The van der Waals surface area contributed by atoms with E-state index in [9.17, 15) is 0 Å². The third kappa shape index (κ3) is 3.19. The number of aliphatic imine (C=N–C) groups is 1. The first-order valence-corrected chi connectivity index (χ1v) is 11.0. The van der Waals surface area contributed by atoms with Crippen molar-refractivity contribution in [3.8, 4) is 5.75 Å². The van der Waals surface area contributed by atoms with Gasteiger partial charge in [0.2, 0.25) is 5.13 Å². The molecule has 0 unspecified atom stereocenters. The van der Waals surface area contributed by atoms with E-state index in [-0.39, 0.29) is 5.60 Å². The van der Waals surface area contributed by atoms with Crippen LogP contribution in [0.5, 0.6) is 5.75 Å². The zero-order valence-electron chi connectivity index (χ0n) is 16.7. The molecular formula is C21H21N7OS. The van der Waals surface area contributed by atoms with Crippen molar-refractivity contribution in [3.63, 3.8) is 0 Å². The van der Waals surface area contributed by atoms with Gasteiger partial charge in [0.1, 0.15) is 29.8 Å². The first kappa shape index (κ1) is 17.8. The number of anilines is 2. The second kappa shape index (κ2) is 6.73. The van der Waals surface area contributed by atoms with E-state index in [1.807, 2.05) is 18.2 Å². The number of piperazine rings is 1. The van der Waals surface area contributed by atoms with Crippen LogP contribution in [0.1, 0.15) is 31.0 Å². The highest BCUT2D eigenvalue weighted by Gasteiger charge is 2.40. The second-order valence-corrected chi connectivity index (χ2v) is 8.91. The molecule has 2 aromatic heterocycles. The molecule has 0 spiro atoms. The minimum Gasteiger partial charge on any atom is -0.488 e. The summed E-state index contributed by atoms with van der Waals surface area (Å²) in [6.07, 6.45) is 5.48. The van der Waals surface area contributed by atoms with Gasteiger partial charge in [-0.15, -0.1) is 0 Å². The van der Waals surface area contributed by atoms with Gasteiger partial charge in [-0.1, -0.05) is 0 Å². The first-order valence-electron chi connectivity index (χ1n) is 10.2. The van der Waals surface area contributed by atoms with Gasteiger partial charge in [-0.3, -0.25) is 0 Å². The number of ether oxygens (including phenoxy) is 1. The summed E-state index contributed by atoms with van der Waals surface area (Å²) in [6, 6.07) is 8.15. The van der Waals surface area contributed by atoms with E-state index in [1.54, 1.807) is 12.7 Å². The van der Waals surface area contributed by atoms with E-state index in [0.29, 0.717) is 0 Å². The summed E-state index contributed by atoms with van der Waals surface area (Å²) in [5.41, 5.74) is 3.86. The molecule has 0 radical (unpaired) electrons. The smallest absolute Gasteiger partial charge is 0.205 e. The lowest BCUT2D eigenvalue weighted by Crippen LogP contribution is -2.46. The van der Waals surface area contributed by atoms with Crippen molar-refractivity contribution in [3.05, 3.63) is 48.2 Å². The van der Waals surface area contributed by atoms with Gasteiger partial charge in [-0.25, -0.2) is 19.9 Å². The van der Waals surface area contributed by atoms with Crippen LogP contribution < -0.4 is 14.5 Å². The third-order valence-corrected chi connectivity index (χ3v) is 6.62. The molecule has 1 aliphatic carbocycles. The van der Waals surface area contributed by atoms with E-state index in [1.165, 1.54) is 11.5 Å². The summed E-state index contributed by atoms with van der Waals surface area (Å²) in [5.74, 6) is 1.84. The molecule has 30 heavy (non-hydrogen) atoms. The topological polar surface area (TPSA) is 79.6 Å². The van der Waals surface area contributed by atoms with Crippen LogP contribution in [0, 0.1) is 0 Å². The number of fused-ring (bicyclic) bond motifs is 1. The maximum atomic E-state index is 6.12. The summed E-state index contributed by atoms with van der Waals surface area (Å²) in [6.45, 7) is 5.73. The highest BCUT2D eigenvalue weighted by molar-refractivity contribution is 7.09. The van der Waals surface area contributed by atoms with Crippen LogP contribution in [0.25, 0.3) is 0 Å². The van der Waals surface area contributed by atoms with Crippen LogP contribution in [0.3, 0.4) is 0 Å². The molecule has 3 aromatic rings. The average Bonchev–Trinajstić information content (AvgIpc) is 3.24. The highest BCUT2D eigenvalue weighted by atomic mass is 32.1. The molecule has 0 N–H and O–H groups in total. The van der Waals surface area contributed by atoms with Crippen LogP contribution in [-0.4, -0.2) is 56.8 Å². The lowest BCUT2D eigenvalue weighted by molar-refractivity contribution is 0.200. The maximum absolute atomic E-state index is 6.12. The standard InChI is InChI=1S/C21H21N7OS/c1-21(4-5-21)29-14-2-3-16-15(10-14)19(26-16)17-11-18(23-12-22-17)27-6-8-28(9-7-27)20-24-13-25-30-20/h2-3,10-13H,4-9H2,1H3. The fourth-order valence-electron chi connectivity index (χ4n) is 3.83. The molecule has 0 atom stereocenters. The van der Waals surface area contributed by atoms with Crippen molar-refractivity contribution in [2.45, 2.75) is 25.4 Å². The normalized spacial score (nSPS) is 19.0. The van der Waals surface area contributed by atoms with Gasteiger partial charge >= 0.3 is 0 Å². The van der Waals surface area contributed by atoms with Crippen LogP contribution in [0.2, 0.25) is 0 Å². The van der Waals surface area contributed by atoms with Crippen LogP contribution in [0.4, 0.5) is 16.6 Å². The van der Waals surface area contributed by atoms with Crippen molar-refractivity contribution >= 4 is 33.9 Å². The Morgan fingerprint density at radius 2 is 1.80 bits per heavy atom. The molecule has 2 aliphatic heterocycles. The van der Waals surface area contributed by atoms with Crippen molar-refractivity contribution in [1.29, 1.82) is 0 Å². The average molecular weight is 420 g/mol. The van der Waals surface area contributed by atoms with Crippen LogP contribution in [-0.2, 0) is 0 Å². The van der Waals surface area contributed by atoms with Gasteiger partial charge in [-0.05, 0) is 38.0 Å². The minimum atomic E-state index is 0.00815. The molecule has 0 bridgehead atoms. The molecule has 9 heteroatoms. The Hall–Kier alpha value is -3.07. The van der Waals surface area contributed by atoms with E-state index >= 15 is 0 Å². The van der Waals surface area contributed by atoms with Crippen molar-refractivity contribution in [2.75, 3.05) is 36.0 Å². The molecule has 1 saturated heterocycles. The van der Waals surface area contributed by atoms with Gasteiger partial charge < -0.3 is 14.5 Å². The van der Waals surface area contributed by atoms with Gasteiger partial charge in [0.15, 0.2) is 0 Å². The number of hydrogen-bond acceptors (Lipinski definition) is 9. The van der Waals surface area contributed by atoms with E-state index in [0.717, 1.165) is 78.4 Å². The largest absolute Gasteiger partial charge is 0.488 e. The van der Waals surface area contributed by atoms with Crippen molar-refractivity contribution in [2.24, 2.45) is 4.99 Å². The SMILES string of the molecule is CC1(Oc2ccc3c(c2)C(c2cc(N4CCN(c5ncns5)CC4)ncn2)=N3)CC1. The number of rotatable bonds is 5. The summed E-state index contributed by atoms with van der Waals surface area (Å²) < 4.78 is 10.2. The monoisotopic (exact) mass is 419 g/mol. The number of aromatic nitrogens is 4. The van der Waals surface area contributed by atoms with Gasteiger partial charge in [-0.2, -0.15) is 4.37 Å². The molecule has 4 heterocycles. The molecule has 0 amide bonds. The fourth-order valence-corrected chi connectivity index (χ4v) is 4.42. The Morgan fingerprint density at radius 3 is 2.57 bits per heavy atom. The minimum absolute atomic E-state index is 0.00815. The van der Waals surface area contributed by atoms with Crippen molar-refractivity contribution < 1.29 is 4.74 Å². The predicted octanol–water partition coefficient (Wildman–Crippen LogP) is 3.07. The zero-order chi connectivity index (χ0) is 20.1. The van der Waals surface area contributed by atoms with E-state index in [2.05, 4.69) is 47.1 Å². The molecule has 6 rings (SSSR count). The Morgan fingerprint density at radius 1 is 0.967 bits per heavy atom. The van der Waals surface area contributed by atoms with Gasteiger partial charge in [0.05, 0.1) is 17.1 Å². The molecule has 1 saturated carbocycles. The molecule has 8 nitrogen and oxygen atoms in total. The molecular weight excluding hydrogens is 398 g/mol. The first-order chi connectivity index (χ1) is 14.7. The molecule has 3 aliphatic rings. The Labute approximate surface area is 178 Å². The summed E-state index contributed by atoms with van der Waals surface area (Å²) in [5, 5.41) is 0.983. The summed E-state index contributed by atoms with van der Waals surface area (Å²) in [7, 11) is 0. The predicted molar refractivity (Wildman–Crippen MR) is 116 cm³/mol. The van der Waals surface area contributed by atoms with E-state index in [4.69, 9.17) is 4.74 Å².